The fourth-order valence-electron chi connectivity index (χ4n) is 2.13. The van der Waals surface area contributed by atoms with Crippen molar-refractivity contribution in [2.75, 3.05) is 4.72 Å². The van der Waals surface area contributed by atoms with E-state index in [1.165, 1.54) is 18.2 Å². The Kier molecular flexibility index (Phi) is 3.67. The number of nitrogens with one attached hydrogen (secondary N) is 1. The summed E-state index contributed by atoms with van der Waals surface area (Å²) in [5.41, 5.74) is 0.151. The SMILES string of the molecule is O=S(=O)(Cc1ccccc1F)Nc1ccnn1CC1CC1. The van der Waals surface area contributed by atoms with Gasteiger partial charge in [-0.3, -0.25) is 4.72 Å². The van der Waals surface area contributed by atoms with Crippen LogP contribution in [-0.4, -0.2) is 18.2 Å². The van der Waals surface area contributed by atoms with E-state index in [1.807, 2.05) is 0 Å². The molecule has 1 saturated carbocycles. The third-order valence-corrected chi connectivity index (χ3v) is 4.62. The van der Waals surface area contributed by atoms with Crippen molar-refractivity contribution in [3.63, 3.8) is 0 Å². The Labute approximate surface area is 122 Å². The third kappa shape index (κ3) is 3.60. The van der Waals surface area contributed by atoms with E-state index in [0.717, 1.165) is 12.8 Å². The van der Waals surface area contributed by atoms with Crippen LogP contribution >= 0.6 is 0 Å². The van der Waals surface area contributed by atoms with Crippen molar-refractivity contribution in [2.24, 2.45) is 5.92 Å². The van der Waals surface area contributed by atoms with Gasteiger partial charge < -0.3 is 0 Å². The highest BCUT2D eigenvalue weighted by atomic mass is 32.2. The number of sulfonamides is 1. The molecule has 0 bridgehead atoms. The summed E-state index contributed by atoms with van der Waals surface area (Å²) in [6.45, 7) is 0.713. The van der Waals surface area contributed by atoms with Gasteiger partial charge in [0.25, 0.3) is 0 Å². The van der Waals surface area contributed by atoms with Crippen molar-refractivity contribution in [2.45, 2.75) is 25.1 Å². The Balaban J connectivity index is 1.74. The number of benzene rings is 1. The van der Waals surface area contributed by atoms with E-state index < -0.39 is 21.6 Å². The third-order valence-electron chi connectivity index (χ3n) is 3.41. The quantitative estimate of drug-likeness (QED) is 0.891. The van der Waals surface area contributed by atoms with E-state index >= 15 is 0 Å². The lowest BCUT2D eigenvalue weighted by atomic mass is 10.2. The molecule has 0 amide bonds. The van der Waals surface area contributed by atoms with Gasteiger partial charge in [0.15, 0.2) is 0 Å². The highest BCUT2D eigenvalue weighted by molar-refractivity contribution is 7.91. The molecule has 1 N–H and O–H groups in total. The molecular weight excluding hydrogens is 293 g/mol. The molecule has 1 aliphatic rings. The molecule has 21 heavy (non-hydrogen) atoms. The first-order valence-corrected chi connectivity index (χ1v) is 8.44. The molecule has 3 rings (SSSR count). The van der Waals surface area contributed by atoms with Gasteiger partial charge >= 0.3 is 0 Å². The Hall–Kier alpha value is -1.89. The molecule has 0 aliphatic heterocycles. The fraction of sp³-hybridized carbons (Fsp3) is 0.357. The maximum atomic E-state index is 13.5. The van der Waals surface area contributed by atoms with Crippen molar-refractivity contribution in [1.29, 1.82) is 0 Å². The van der Waals surface area contributed by atoms with Crippen LogP contribution in [0.4, 0.5) is 10.2 Å². The van der Waals surface area contributed by atoms with Crippen molar-refractivity contribution >= 4 is 15.8 Å². The predicted octanol–water partition coefficient (Wildman–Crippen LogP) is 2.37. The van der Waals surface area contributed by atoms with E-state index in [-0.39, 0.29) is 5.56 Å². The molecule has 0 spiro atoms. The number of halogens is 1. The highest BCUT2D eigenvalue weighted by Gasteiger charge is 2.24. The monoisotopic (exact) mass is 309 g/mol. The first-order chi connectivity index (χ1) is 10.0. The van der Waals surface area contributed by atoms with Crippen LogP contribution in [-0.2, 0) is 22.3 Å². The molecule has 1 fully saturated rings. The number of anilines is 1. The maximum absolute atomic E-state index is 13.5. The molecule has 2 aromatic rings. The Morgan fingerprint density at radius 1 is 1.29 bits per heavy atom. The Bertz CT molecular complexity index is 738. The number of aromatic nitrogens is 2. The summed E-state index contributed by atoms with van der Waals surface area (Å²) in [4.78, 5) is 0. The molecule has 0 unspecified atom stereocenters. The van der Waals surface area contributed by atoms with Crippen LogP contribution in [0.15, 0.2) is 36.5 Å². The Morgan fingerprint density at radius 2 is 2.05 bits per heavy atom. The molecule has 1 heterocycles. The second-order valence-electron chi connectivity index (χ2n) is 5.29. The summed E-state index contributed by atoms with van der Waals surface area (Å²) in [6.07, 6.45) is 3.87. The number of hydrogen-bond donors (Lipinski definition) is 1. The van der Waals surface area contributed by atoms with Gasteiger partial charge in [-0.2, -0.15) is 5.10 Å². The zero-order chi connectivity index (χ0) is 14.9. The van der Waals surface area contributed by atoms with Gasteiger partial charge in [0.1, 0.15) is 11.6 Å². The van der Waals surface area contributed by atoms with Crippen LogP contribution in [0.5, 0.6) is 0 Å². The van der Waals surface area contributed by atoms with Crippen LogP contribution in [0.1, 0.15) is 18.4 Å². The van der Waals surface area contributed by atoms with E-state index in [4.69, 9.17) is 0 Å². The van der Waals surface area contributed by atoms with Crippen LogP contribution in [0, 0.1) is 11.7 Å². The normalized spacial score (nSPS) is 15.1. The highest BCUT2D eigenvalue weighted by Crippen LogP contribution is 2.31. The van der Waals surface area contributed by atoms with Gasteiger partial charge in [-0.25, -0.2) is 17.5 Å². The summed E-state index contributed by atoms with van der Waals surface area (Å²) in [5, 5.41) is 4.12. The molecular formula is C14H16FN3O2S. The van der Waals surface area contributed by atoms with Crippen LogP contribution in [0.2, 0.25) is 0 Å². The number of hydrogen-bond acceptors (Lipinski definition) is 3. The van der Waals surface area contributed by atoms with E-state index in [0.29, 0.717) is 18.3 Å². The lowest BCUT2D eigenvalue weighted by Crippen LogP contribution is -2.19. The molecule has 7 heteroatoms. The lowest BCUT2D eigenvalue weighted by molar-refractivity contribution is 0.566. The van der Waals surface area contributed by atoms with E-state index in [1.54, 1.807) is 23.0 Å². The molecule has 5 nitrogen and oxygen atoms in total. The minimum Gasteiger partial charge on any atom is -0.267 e. The first kappa shape index (κ1) is 14.1. The van der Waals surface area contributed by atoms with Gasteiger partial charge in [0.2, 0.25) is 10.0 Å². The first-order valence-electron chi connectivity index (χ1n) is 6.79. The van der Waals surface area contributed by atoms with Gasteiger partial charge in [0.05, 0.1) is 11.9 Å². The van der Waals surface area contributed by atoms with Crippen molar-refractivity contribution in [3.8, 4) is 0 Å². The van der Waals surface area contributed by atoms with Crippen LogP contribution in [0.3, 0.4) is 0 Å². The maximum Gasteiger partial charge on any atom is 0.238 e. The average molecular weight is 309 g/mol. The second kappa shape index (κ2) is 5.48. The minimum absolute atomic E-state index is 0.151. The molecule has 0 radical (unpaired) electrons. The average Bonchev–Trinajstić information content (AvgIpc) is 3.13. The van der Waals surface area contributed by atoms with E-state index in [9.17, 15) is 12.8 Å². The largest absolute Gasteiger partial charge is 0.267 e. The van der Waals surface area contributed by atoms with Gasteiger partial charge in [-0.05, 0) is 24.8 Å². The summed E-state index contributed by atoms with van der Waals surface area (Å²) < 4.78 is 42.0. The molecule has 0 saturated heterocycles. The van der Waals surface area contributed by atoms with Crippen molar-refractivity contribution in [1.82, 2.24) is 9.78 Å². The lowest BCUT2D eigenvalue weighted by Gasteiger charge is -2.10. The molecule has 1 aromatic carbocycles. The molecule has 1 aliphatic carbocycles. The van der Waals surface area contributed by atoms with Gasteiger partial charge in [0, 0.05) is 18.2 Å². The Morgan fingerprint density at radius 3 is 2.76 bits per heavy atom. The minimum atomic E-state index is -3.67. The zero-order valence-electron chi connectivity index (χ0n) is 11.4. The van der Waals surface area contributed by atoms with Gasteiger partial charge in [-0.15, -0.1) is 0 Å². The van der Waals surface area contributed by atoms with Crippen molar-refractivity contribution in [3.05, 3.63) is 47.9 Å². The summed E-state index contributed by atoms with van der Waals surface area (Å²) in [6, 6.07) is 7.48. The molecule has 0 atom stereocenters. The smallest absolute Gasteiger partial charge is 0.238 e. The van der Waals surface area contributed by atoms with Crippen LogP contribution in [0.25, 0.3) is 0 Å². The van der Waals surface area contributed by atoms with Crippen LogP contribution < -0.4 is 4.72 Å². The fourth-order valence-corrected chi connectivity index (χ4v) is 3.33. The molecule has 112 valence electrons. The summed E-state index contributed by atoms with van der Waals surface area (Å²) >= 11 is 0. The second-order valence-corrected chi connectivity index (χ2v) is 7.02. The zero-order valence-corrected chi connectivity index (χ0v) is 12.2. The summed E-state index contributed by atoms with van der Waals surface area (Å²) in [5.74, 6) is 0.0983. The molecule has 1 aromatic heterocycles. The van der Waals surface area contributed by atoms with E-state index in [2.05, 4.69) is 9.82 Å². The van der Waals surface area contributed by atoms with Crippen molar-refractivity contribution < 1.29 is 12.8 Å². The number of nitrogens with zero attached hydrogens (tertiary/aromatic N) is 2. The predicted molar refractivity (Wildman–Crippen MR) is 77.6 cm³/mol. The van der Waals surface area contributed by atoms with Gasteiger partial charge in [-0.1, -0.05) is 18.2 Å². The topological polar surface area (TPSA) is 64.0 Å². The standard InChI is InChI=1S/C14H16FN3O2S/c15-13-4-2-1-3-12(13)10-21(19,20)17-14-7-8-16-18(14)9-11-5-6-11/h1-4,7-8,11,17H,5-6,9-10H2. The summed E-state index contributed by atoms with van der Waals surface area (Å²) in [7, 11) is -3.67. The number of rotatable bonds is 6.